The fourth-order valence-corrected chi connectivity index (χ4v) is 3.98. The van der Waals surface area contributed by atoms with Gasteiger partial charge in [-0.1, -0.05) is 54.4 Å². The molecular weight excluding hydrogens is 274 g/mol. The monoisotopic (exact) mass is 295 g/mol. The second-order valence-corrected chi connectivity index (χ2v) is 6.51. The molecule has 0 amide bonds. The first-order valence-corrected chi connectivity index (χ1v) is 8.34. The Bertz CT molecular complexity index is 737. The molecule has 1 nitrogen and oxygen atoms in total. The van der Waals surface area contributed by atoms with Crippen molar-refractivity contribution in [3.05, 3.63) is 70.1 Å². The van der Waals surface area contributed by atoms with Crippen LogP contribution in [0.1, 0.15) is 35.2 Å². The van der Waals surface area contributed by atoms with E-state index in [1.807, 2.05) is 11.3 Å². The first kappa shape index (κ1) is 14.3. The van der Waals surface area contributed by atoms with Gasteiger partial charge in [0.05, 0.1) is 6.04 Å². The number of thiophene rings is 1. The molecular formula is C19H21NS. The molecule has 3 aromatic rings. The predicted molar refractivity (Wildman–Crippen MR) is 93.3 cm³/mol. The SMILES string of the molecule is CCNC(c1cc(C)cc(C)c1)c1cccc2ccsc12. The first-order valence-electron chi connectivity index (χ1n) is 7.46. The summed E-state index contributed by atoms with van der Waals surface area (Å²) in [5.41, 5.74) is 5.39. The van der Waals surface area contributed by atoms with Crippen LogP contribution >= 0.6 is 11.3 Å². The van der Waals surface area contributed by atoms with Gasteiger partial charge in [0.2, 0.25) is 0 Å². The van der Waals surface area contributed by atoms with Crippen LogP contribution in [0, 0.1) is 13.8 Å². The van der Waals surface area contributed by atoms with Gasteiger partial charge in [0.1, 0.15) is 0 Å². The van der Waals surface area contributed by atoms with Crippen LogP contribution in [-0.4, -0.2) is 6.54 Å². The third-order valence-electron chi connectivity index (χ3n) is 3.81. The van der Waals surface area contributed by atoms with Crippen molar-refractivity contribution in [2.75, 3.05) is 6.54 Å². The minimum absolute atomic E-state index is 0.260. The quantitative estimate of drug-likeness (QED) is 0.696. The summed E-state index contributed by atoms with van der Waals surface area (Å²) in [6, 6.07) is 15.9. The van der Waals surface area contributed by atoms with Crippen LogP contribution in [-0.2, 0) is 0 Å². The molecule has 1 unspecified atom stereocenters. The number of aryl methyl sites for hydroxylation is 2. The Morgan fingerprint density at radius 2 is 1.81 bits per heavy atom. The van der Waals surface area contributed by atoms with Gasteiger partial charge in [-0.3, -0.25) is 0 Å². The molecule has 0 saturated heterocycles. The van der Waals surface area contributed by atoms with Crippen molar-refractivity contribution in [1.29, 1.82) is 0 Å². The van der Waals surface area contributed by atoms with E-state index in [1.54, 1.807) is 0 Å². The van der Waals surface area contributed by atoms with Gasteiger partial charge in [0.15, 0.2) is 0 Å². The number of hydrogen-bond acceptors (Lipinski definition) is 2. The lowest BCUT2D eigenvalue weighted by molar-refractivity contribution is 0.634. The summed E-state index contributed by atoms with van der Waals surface area (Å²) in [6.07, 6.45) is 0. The van der Waals surface area contributed by atoms with E-state index in [-0.39, 0.29) is 6.04 Å². The lowest BCUT2D eigenvalue weighted by atomic mass is 9.95. The molecule has 2 heteroatoms. The van der Waals surface area contributed by atoms with E-state index >= 15 is 0 Å². The molecule has 1 atom stereocenters. The summed E-state index contributed by atoms with van der Waals surface area (Å²) in [6.45, 7) is 7.47. The highest BCUT2D eigenvalue weighted by atomic mass is 32.1. The summed E-state index contributed by atoms with van der Waals surface area (Å²) in [5, 5.41) is 7.18. The highest BCUT2D eigenvalue weighted by molar-refractivity contribution is 7.17. The minimum Gasteiger partial charge on any atom is -0.306 e. The van der Waals surface area contributed by atoms with Crippen molar-refractivity contribution in [3.63, 3.8) is 0 Å². The minimum atomic E-state index is 0.260. The smallest absolute Gasteiger partial charge is 0.0591 e. The van der Waals surface area contributed by atoms with Gasteiger partial charge in [0.25, 0.3) is 0 Å². The van der Waals surface area contributed by atoms with Crippen LogP contribution in [0.4, 0.5) is 0 Å². The van der Waals surface area contributed by atoms with E-state index in [9.17, 15) is 0 Å². The molecule has 0 spiro atoms. The molecule has 108 valence electrons. The number of rotatable bonds is 4. The van der Waals surface area contributed by atoms with Crippen LogP contribution in [0.3, 0.4) is 0 Å². The van der Waals surface area contributed by atoms with Gasteiger partial charge in [-0.25, -0.2) is 0 Å². The molecule has 0 aliphatic heterocycles. The molecule has 3 rings (SSSR count). The van der Waals surface area contributed by atoms with Gasteiger partial charge >= 0.3 is 0 Å². The zero-order chi connectivity index (χ0) is 14.8. The Labute approximate surface area is 130 Å². The van der Waals surface area contributed by atoms with E-state index < -0.39 is 0 Å². The fourth-order valence-electron chi connectivity index (χ4n) is 3.03. The van der Waals surface area contributed by atoms with Crippen molar-refractivity contribution in [2.45, 2.75) is 26.8 Å². The Kier molecular flexibility index (Phi) is 4.09. The highest BCUT2D eigenvalue weighted by Crippen LogP contribution is 2.33. The summed E-state index contributed by atoms with van der Waals surface area (Å²) in [7, 11) is 0. The first-order chi connectivity index (χ1) is 10.2. The van der Waals surface area contributed by atoms with Gasteiger partial charge < -0.3 is 5.32 Å². The van der Waals surface area contributed by atoms with Crippen LogP contribution in [0.15, 0.2) is 47.8 Å². The fraction of sp³-hybridized carbons (Fsp3) is 0.263. The number of hydrogen-bond donors (Lipinski definition) is 1. The maximum atomic E-state index is 3.66. The second kappa shape index (κ2) is 6.00. The predicted octanol–water partition coefficient (Wildman–Crippen LogP) is 5.22. The van der Waals surface area contributed by atoms with Crippen molar-refractivity contribution in [1.82, 2.24) is 5.32 Å². The van der Waals surface area contributed by atoms with E-state index in [0.29, 0.717) is 0 Å². The molecule has 1 N–H and O–H groups in total. The van der Waals surface area contributed by atoms with E-state index in [1.165, 1.54) is 32.3 Å². The normalized spacial score (nSPS) is 12.7. The molecule has 2 aromatic carbocycles. The third-order valence-corrected chi connectivity index (χ3v) is 4.79. The average Bonchev–Trinajstić information content (AvgIpc) is 2.92. The highest BCUT2D eigenvalue weighted by Gasteiger charge is 2.16. The van der Waals surface area contributed by atoms with Gasteiger partial charge in [-0.15, -0.1) is 11.3 Å². The largest absolute Gasteiger partial charge is 0.306 e. The standard InChI is InChI=1S/C19H21NS/c1-4-20-18(16-11-13(2)10-14(3)12-16)17-7-5-6-15-8-9-21-19(15)17/h5-12,18,20H,4H2,1-3H3. The van der Waals surface area contributed by atoms with E-state index in [0.717, 1.165) is 6.54 Å². The van der Waals surface area contributed by atoms with Gasteiger partial charge in [-0.05, 0) is 48.4 Å². The summed E-state index contributed by atoms with van der Waals surface area (Å²) in [4.78, 5) is 0. The van der Waals surface area contributed by atoms with E-state index in [4.69, 9.17) is 0 Å². The molecule has 0 saturated carbocycles. The maximum absolute atomic E-state index is 3.66. The van der Waals surface area contributed by atoms with Crippen LogP contribution in [0.2, 0.25) is 0 Å². The topological polar surface area (TPSA) is 12.0 Å². The second-order valence-electron chi connectivity index (χ2n) is 5.60. The number of fused-ring (bicyclic) bond motifs is 1. The van der Waals surface area contributed by atoms with Gasteiger partial charge in [-0.2, -0.15) is 0 Å². The molecule has 0 aliphatic carbocycles. The Balaban J connectivity index is 2.15. The van der Waals surface area contributed by atoms with Crippen LogP contribution < -0.4 is 5.32 Å². The maximum Gasteiger partial charge on any atom is 0.0591 e. The lowest BCUT2D eigenvalue weighted by Gasteiger charge is -2.21. The Morgan fingerprint density at radius 3 is 2.52 bits per heavy atom. The van der Waals surface area contributed by atoms with Crippen LogP contribution in [0.5, 0.6) is 0 Å². The van der Waals surface area contributed by atoms with Crippen molar-refractivity contribution in [3.8, 4) is 0 Å². The van der Waals surface area contributed by atoms with Crippen molar-refractivity contribution in [2.24, 2.45) is 0 Å². The van der Waals surface area contributed by atoms with Gasteiger partial charge in [0, 0.05) is 4.70 Å². The zero-order valence-corrected chi connectivity index (χ0v) is 13.6. The molecule has 1 heterocycles. The van der Waals surface area contributed by atoms with Crippen molar-refractivity contribution < 1.29 is 0 Å². The average molecular weight is 295 g/mol. The number of benzene rings is 2. The summed E-state index contributed by atoms with van der Waals surface area (Å²) < 4.78 is 1.39. The zero-order valence-electron chi connectivity index (χ0n) is 12.8. The van der Waals surface area contributed by atoms with Crippen molar-refractivity contribution >= 4 is 21.4 Å². The third kappa shape index (κ3) is 2.87. The Hall–Kier alpha value is -1.64. The molecule has 0 fully saturated rings. The molecule has 0 bridgehead atoms. The molecule has 0 aliphatic rings. The van der Waals surface area contributed by atoms with E-state index in [2.05, 4.69) is 73.9 Å². The summed E-state index contributed by atoms with van der Waals surface area (Å²) >= 11 is 1.83. The summed E-state index contributed by atoms with van der Waals surface area (Å²) in [5.74, 6) is 0. The molecule has 21 heavy (non-hydrogen) atoms. The lowest BCUT2D eigenvalue weighted by Crippen LogP contribution is -2.22. The molecule has 1 aromatic heterocycles. The Morgan fingerprint density at radius 1 is 1.05 bits per heavy atom. The number of nitrogens with one attached hydrogen (secondary N) is 1. The van der Waals surface area contributed by atoms with Crippen LogP contribution in [0.25, 0.3) is 10.1 Å². The molecule has 0 radical (unpaired) electrons.